The first-order chi connectivity index (χ1) is 11.6. The summed E-state index contributed by atoms with van der Waals surface area (Å²) < 4.78 is 13.5. The average molecular weight is 349 g/mol. The van der Waals surface area contributed by atoms with Crippen molar-refractivity contribution in [1.29, 1.82) is 0 Å². The van der Waals surface area contributed by atoms with Gasteiger partial charge in [0, 0.05) is 13.1 Å². The number of piperidine rings is 1. The molecule has 0 spiro atoms. The number of hydrogen-bond donors (Lipinski definition) is 2. The Morgan fingerprint density at radius 1 is 1.17 bits per heavy atom. The fourth-order valence-corrected chi connectivity index (χ4v) is 3.04. The minimum atomic E-state index is -0.623. The summed E-state index contributed by atoms with van der Waals surface area (Å²) in [6, 6.07) is 11.6. The largest absolute Gasteiger partial charge is 0.393 e. The van der Waals surface area contributed by atoms with Crippen molar-refractivity contribution in [2.45, 2.75) is 18.9 Å². The molecule has 1 aliphatic heterocycles. The van der Waals surface area contributed by atoms with E-state index in [1.165, 1.54) is 18.2 Å². The zero-order chi connectivity index (χ0) is 17.1. The Morgan fingerprint density at radius 2 is 1.88 bits per heavy atom. The van der Waals surface area contributed by atoms with E-state index in [2.05, 4.69) is 10.2 Å². The van der Waals surface area contributed by atoms with Crippen LogP contribution in [0.3, 0.4) is 0 Å². The number of nitrogens with zero attached hydrogens (tertiary/aromatic N) is 1. The lowest BCUT2D eigenvalue weighted by molar-refractivity contribution is 0.102. The molecule has 4 nitrogen and oxygen atoms in total. The first kappa shape index (κ1) is 16.7. The molecule has 1 fully saturated rings. The van der Waals surface area contributed by atoms with Gasteiger partial charge in [-0.3, -0.25) is 4.79 Å². The van der Waals surface area contributed by atoms with Gasteiger partial charge < -0.3 is 15.3 Å². The number of aliphatic hydroxyl groups is 1. The summed E-state index contributed by atoms with van der Waals surface area (Å²) >= 11 is 5.88. The molecular weight excluding hydrogens is 331 g/mol. The molecule has 0 aliphatic carbocycles. The van der Waals surface area contributed by atoms with Crippen LogP contribution < -0.4 is 10.2 Å². The van der Waals surface area contributed by atoms with Gasteiger partial charge >= 0.3 is 0 Å². The van der Waals surface area contributed by atoms with E-state index in [0.29, 0.717) is 18.5 Å². The Labute approximate surface area is 144 Å². The first-order valence-electron chi connectivity index (χ1n) is 7.83. The van der Waals surface area contributed by atoms with Crippen LogP contribution >= 0.6 is 11.6 Å². The topological polar surface area (TPSA) is 52.6 Å². The molecular formula is C18H18ClFN2O2. The van der Waals surface area contributed by atoms with Crippen molar-refractivity contribution in [2.24, 2.45) is 0 Å². The number of nitrogens with one attached hydrogen (secondary N) is 1. The van der Waals surface area contributed by atoms with E-state index < -0.39 is 11.7 Å². The van der Waals surface area contributed by atoms with E-state index >= 15 is 0 Å². The SMILES string of the molecule is O=C(Nc1ccccc1N1CCC(O)CC1)c1cccc(F)c1Cl. The van der Waals surface area contributed by atoms with Crippen molar-refractivity contribution in [1.82, 2.24) is 0 Å². The third-order valence-electron chi connectivity index (χ3n) is 4.15. The molecule has 3 rings (SSSR count). The standard InChI is InChI=1S/C18H18ClFN2O2/c19-17-13(4-3-5-14(17)20)18(24)21-15-6-1-2-7-16(15)22-10-8-12(23)9-11-22/h1-7,12,23H,8-11H2,(H,21,24). The molecule has 0 aromatic heterocycles. The lowest BCUT2D eigenvalue weighted by Gasteiger charge is -2.32. The zero-order valence-corrected chi connectivity index (χ0v) is 13.8. The molecule has 0 radical (unpaired) electrons. The van der Waals surface area contributed by atoms with Crippen LogP contribution in [0.15, 0.2) is 42.5 Å². The number of aliphatic hydroxyl groups excluding tert-OH is 1. The molecule has 1 saturated heterocycles. The fraction of sp³-hybridized carbons (Fsp3) is 0.278. The normalized spacial score (nSPS) is 15.4. The van der Waals surface area contributed by atoms with Gasteiger partial charge in [-0.2, -0.15) is 0 Å². The van der Waals surface area contributed by atoms with Crippen molar-refractivity contribution in [3.05, 3.63) is 58.9 Å². The number of halogens is 2. The van der Waals surface area contributed by atoms with E-state index in [1.807, 2.05) is 18.2 Å². The Hall–Kier alpha value is -2.11. The molecule has 2 aromatic carbocycles. The highest BCUT2D eigenvalue weighted by Gasteiger charge is 2.21. The van der Waals surface area contributed by atoms with E-state index in [9.17, 15) is 14.3 Å². The molecule has 24 heavy (non-hydrogen) atoms. The maximum atomic E-state index is 13.5. The van der Waals surface area contributed by atoms with Crippen molar-refractivity contribution in [3.8, 4) is 0 Å². The van der Waals surface area contributed by atoms with Crippen LogP contribution in [0.5, 0.6) is 0 Å². The highest BCUT2D eigenvalue weighted by Crippen LogP contribution is 2.29. The predicted octanol–water partition coefficient (Wildman–Crippen LogP) is 3.69. The van der Waals surface area contributed by atoms with Gasteiger partial charge in [0.1, 0.15) is 5.82 Å². The number of anilines is 2. The lowest BCUT2D eigenvalue weighted by Crippen LogP contribution is -2.36. The molecule has 2 N–H and O–H groups in total. The van der Waals surface area contributed by atoms with Crippen molar-refractivity contribution < 1.29 is 14.3 Å². The monoisotopic (exact) mass is 348 g/mol. The third-order valence-corrected chi connectivity index (χ3v) is 4.54. The molecule has 2 aromatic rings. The van der Waals surface area contributed by atoms with E-state index in [4.69, 9.17) is 11.6 Å². The van der Waals surface area contributed by atoms with Crippen LogP contribution in [-0.2, 0) is 0 Å². The molecule has 1 amide bonds. The molecule has 1 heterocycles. The summed E-state index contributed by atoms with van der Waals surface area (Å²) in [7, 11) is 0. The molecule has 6 heteroatoms. The Morgan fingerprint density at radius 3 is 2.62 bits per heavy atom. The van der Waals surface area contributed by atoms with E-state index in [0.717, 1.165) is 18.8 Å². The smallest absolute Gasteiger partial charge is 0.257 e. The van der Waals surface area contributed by atoms with Gasteiger partial charge in [-0.15, -0.1) is 0 Å². The van der Waals surface area contributed by atoms with Gasteiger partial charge in [0.15, 0.2) is 0 Å². The van der Waals surface area contributed by atoms with Crippen LogP contribution in [0, 0.1) is 5.82 Å². The van der Waals surface area contributed by atoms with Crippen molar-refractivity contribution >= 4 is 28.9 Å². The quantitative estimate of drug-likeness (QED) is 0.889. The van der Waals surface area contributed by atoms with Crippen LogP contribution in [0.2, 0.25) is 5.02 Å². The van der Waals surface area contributed by atoms with E-state index in [-0.39, 0.29) is 16.7 Å². The van der Waals surface area contributed by atoms with E-state index in [1.54, 1.807) is 6.07 Å². The van der Waals surface area contributed by atoms with Gasteiger partial charge in [0.2, 0.25) is 0 Å². The van der Waals surface area contributed by atoms with Gasteiger partial charge in [0.25, 0.3) is 5.91 Å². The number of amides is 1. The number of carbonyl (C=O) groups is 1. The summed E-state index contributed by atoms with van der Waals surface area (Å²) in [5.74, 6) is -1.08. The lowest BCUT2D eigenvalue weighted by atomic mass is 10.1. The summed E-state index contributed by atoms with van der Waals surface area (Å²) in [4.78, 5) is 14.6. The predicted molar refractivity (Wildman–Crippen MR) is 93.3 cm³/mol. The molecule has 1 aliphatic rings. The summed E-state index contributed by atoms with van der Waals surface area (Å²) in [5.41, 5.74) is 1.62. The number of carbonyl (C=O) groups excluding carboxylic acids is 1. The summed E-state index contributed by atoms with van der Waals surface area (Å²) in [6.45, 7) is 1.43. The zero-order valence-electron chi connectivity index (χ0n) is 13.0. The van der Waals surface area contributed by atoms with Crippen LogP contribution in [0.1, 0.15) is 23.2 Å². The Bertz CT molecular complexity index is 746. The van der Waals surface area contributed by atoms with Crippen molar-refractivity contribution in [3.63, 3.8) is 0 Å². The van der Waals surface area contributed by atoms with Gasteiger partial charge in [-0.05, 0) is 37.1 Å². The Kier molecular flexibility index (Phi) is 5.02. The highest BCUT2D eigenvalue weighted by atomic mass is 35.5. The Balaban J connectivity index is 1.83. The highest BCUT2D eigenvalue weighted by molar-refractivity contribution is 6.34. The maximum absolute atomic E-state index is 13.5. The van der Waals surface area contributed by atoms with Crippen LogP contribution in [0.4, 0.5) is 15.8 Å². The molecule has 126 valence electrons. The number of para-hydroxylation sites is 2. The summed E-state index contributed by atoms with van der Waals surface area (Å²) in [5, 5.41) is 12.3. The molecule has 0 bridgehead atoms. The second kappa shape index (κ2) is 7.20. The van der Waals surface area contributed by atoms with Crippen LogP contribution in [-0.4, -0.2) is 30.2 Å². The van der Waals surface area contributed by atoms with Gasteiger partial charge in [-0.1, -0.05) is 29.8 Å². The second-order valence-corrected chi connectivity index (χ2v) is 6.17. The number of hydrogen-bond acceptors (Lipinski definition) is 3. The summed E-state index contributed by atoms with van der Waals surface area (Å²) in [6.07, 6.45) is 1.12. The minimum Gasteiger partial charge on any atom is -0.393 e. The molecule has 0 unspecified atom stereocenters. The molecule has 0 saturated carbocycles. The maximum Gasteiger partial charge on any atom is 0.257 e. The van der Waals surface area contributed by atoms with Crippen LogP contribution in [0.25, 0.3) is 0 Å². The average Bonchev–Trinajstić information content (AvgIpc) is 2.58. The fourth-order valence-electron chi connectivity index (χ4n) is 2.83. The third kappa shape index (κ3) is 3.52. The number of rotatable bonds is 3. The number of benzene rings is 2. The van der Waals surface area contributed by atoms with Gasteiger partial charge in [0.05, 0.1) is 28.1 Å². The molecule has 0 atom stereocenters. The second-order valence-electron chi connectivity index (χ2n) is 5.79. The minimum absolute atomic E-state index is 0.0977. The van der Waals surface area contributed by atoms with Crippen molar-refractivity contribution in [2.75, 3.05) is 23.3 Å². The van der Waals surface area contributed by atoms with Gasteiger partial charge in [-0.25, -0.2) is 4.39 Å². The first-order valence-corrected chi connectivity index (χ1v) is 8.21.